The van der Waals surface area contributed by atoms with Gasteiger partial charge in [0.05, 0.1) is 6.54 Å². The lowest BCUT2D eigenvalue weighted by Gasteiger charge is -2.37. The van der Waals surface area contributed by atoms with Gasteiger partial charge in [0, 0.05) is 43.9 Å². The molecule has 7 nitrogen and oxygen atoms in total. The Morgan fingerprint density at radius 3 is 2.48 bits per heavy atom. The maximum absolute atomic E-state index is 12.8. The van der Waals surface area contributed by atoms with Crippen molar-refractivity contribution in [3.63, 3.8) is 0 Å². The van der Waals surface area contributed by atoms with E-state index in [-0.39, 0.29) is 36.1 Å². The first-order chi connectivity index (χ1) is 12.8. The molecule has 1 aromatic rings. The molecule has 1 aliphatic carbocycles. The van der Waals surface area contributed by atoms with Gasteiger partial charge >= 0.3 is 0 Å². The van der Waals surface area contributed by atoms with Gasteiger partial charge in [0.25, 0.3) is 5.91 Å². The summed E-state index contributed by atoms with van der Waals surface area (Å²) in [6, 6.07) is 1.53. The third-order valence-electron chi connectivity index (χ3n) is 5.78. The highest BCUT2D eigenvalue weighted by atomic mass is 16.3. The number of hydrogen-bond acceptors (Lipinski definition) is 4. The molecule has 0 saturated heterocycles. The number of carbonyl (C=O) groups excluding carboxylic acids is 2. The van der Waals surface area contributed by atoms with Gasteiger partial charge in [-0.05, 0) is 26.7 Å². The van der Waals surface area contributed by atoms with Crippen molar-refractivity contribution in [1.29, 1.82) is 0 Å². The zero-order valence-corrected chi connectivity index (χ0v) is 16.4. The van der Waals surface area contributed by atoms with E-state index in [1.54, 1.807) is 16.4 Å². The second-order valence-electron chi connectivity index (χ2n) is 7.88. The van der Waals surface area contributed by atoms with Crippen LogP contribution >= 0.6 is 0 Å². The third kappa shape index (κ3) is 3.73. The van der Waals surface area contributed by atoms with Crippen LogP contribution in [-0.4, -0.2) is 49.9 Å². The quantitative estimate of drug-likeness (QED) is 0.874. The van der Waals surface area contributed by atoms with Crippen LogP contribution in [0.25, 0.3) is 0 Å². The average Bonchev–Trinajstić information content (AvgIpc) is 2.63. The molecule has 1 fully saturated rings. The summed E-state index contributed by atoms with van der Waals surface area (Å²) in [5.74, 6) is -0.858. The summed E-state index contributed by atoms with van der Waals surface area (Å²) in [6.07, 6.45) is 5.33. The summed E-state index contributed by atoms with van der Waals surface area (Å²) >= 11 is 0. The molecule has 2 aliphatic rings. The fourth-order valence-electron chi connectivity index (χ4n) is 4.29. The van der Waals surface area contributed by atoms with Gasteiger partial charge in [0.15, 0.2) is 11.4 Å². The Kier molecular flexibility index (Phi) is 5.58. The molecule has 0 radical (unpaired) electrons. The molecule has 27 heavy (non-hydrogen) atoms. The van der Waals surface area contributed by atoms with Crippen LogP contribution in [0.3, 0.4) is 0 Å². The van der Waals surface area contributed by atoms with Gasteiger partial charge in [-0.1, -0.05) is 19.3 Å². The molecule has 3 rings (SSSR count). The van der Waals surface area contributed by atoms with Crippen LogP contribution in [0.2, 0.25) is 0 Å². The molecule has 1 aliphatic heterocycles. The van der Waals surface area contributed by atoms with Gasteiger partial charge in [-0.2, -0.15) is 0 Å². The fraction of sp³-hybridized carbons (Fsp3) is 0.650. The van der Waals surface area contributed by atoms with E-state index in [1.165, 1.54) is 12.5 Å². The number of amides is 2. The van der Waals surface area contributed by atoms with Gasteiger partial charge in [-0.3, -0.25) is 14.4 Å². The summed E-state index contributed by atoms with van der Waals surface area (Å²) in [7, 11) is 0. The summed E-state index contributed by atoms with van der Waals surface area (Å²) < 4.78 is 1.72. The number of rotatable bonds is 4. The summed E-state index contributed by atoms with van der Waals surface area (Å²) in [6.45, 7) is 6.68. The monoisotopic (exact) mass is 375 g/mol. The SMILES string of the molecule is CC(=O)N(Cc1cc(=O)c(O)c2n1CCN(C(C)C)C2=O)C1CCCCC1. The molecule has 0 aromatic carbocycles. The first-order valence-corrected chi connectivity index (χ1v) is 9.85. The number of nitrogens with zero attached hydrogens (tertiary/aromatic N) is 3. The fourth-order valence-corrected chi connectivity index (χ4v) is 4.29. The summed E-state index contributed by atoms with van der Waals surface area (Å²) in [5, 5.41) is 10.3. The van der Waals surface area contributed by atoms with E-state index in [1.807, 2.05) is 18.7 Å². The number of aromatic hydroxyl groups is 1. The second kappa shape index (κ2) is 7.74. The van der Waals surface area contributed by atoms with Crippen LogP contribution in [0.5, 0.6) is 5.75 Å². The van der Waals surface area contributed by atoms with Crippen LogP contribution in [0.1, 0.15) is 69.1 Å². The molecule has 0 spiro atoms. The predicted octanol–water partition coefficient (Wildman–Crippen LogP) is 2.10. The maximum atomic E-state index is 12.8. The molecular formula is C20H29N3O4. The molecule has 148 valence electrons. The van der Waals surface area contributed by atoms with E-state index < -0.39 is 11.2 Å². The number of pyridine rings is 1. The number of fused-ring (bicyclic) bond motifs is 1. The van der Waals surface area contributed by atoms with Crippen LogP contribution in [-0.2, 0) is 17.9 Å². The average molecular weight is 375 g/mol. The minimum atomic E-state index is -0.567. The highest BCUT2D eigenvalue weighted by Gasteiger charge is 2.32. The normalized spacial score (nSPS) is 17.9. The molecule has 7 heteroatoms. The maximum Gasteiger partial charge on any atom is 0.274 e. The Bertz CT molecular complexity index is 793. The number of aromatic nitrogens is 1. The third-order valence-corrected chi connectivity index (χ3v) is 5.78. The van der Waals surface area contributed by atoms with Gasteiger partial charge in [-0.25, -0.2) is 0 Å². The van der Waals surface area contributed by atoms with Crippen molar-refractivity contribution >= 4 is 11.8 Å². The van der Waals surface area contributed by atoms with Crippen LogP contribution < -0.4 is 5.43 Å². The van der Waals surface area contributed by atoms with E-state index in [4.69, 9.17) is 0 Å². The van der Waals surface area contributed by atoms with Crippen molar-refractivity contribution in [2.45, 2.75) is 78.0 Å². The lowest BCUT2D eigenvalue weighted by Crippen LogP contribution is -2.47. The summed E-state index contributed by atoms with van der Waals surface area (Å²) in [4.78, 5) is 40.9. The Morgan fingerprint density at radius 2 is 1.89 bits per heavy atom. The van der Waals surface area contributed by atoms with E-state index >= 15 is 0 Å². The van der Waals surface area contributed by atoms with Crippen LogP contribution in [0, 0.1) is 0 Å². The zero-order chi connectivity index (χ0) is 19.7. The Balaban J connectivity index is 1.99. The van der Waals surface area contributed by atoms with Crippen LogP contribution in [0.15, 0.2) is 10.9 Å². The molecular weight excluding hydrogens is 346 g/mol. The van der Waals surface area contributed by atoms with E-state index in [9.17, 15) is 19.5 Å². The topological polar surface area (TPSA) is 82.8 Å². The first kappa shape index (κ1) is 19.5. The van der Waals surface area contributed by atoms with E-state index in [2.05, 4.69) is 0 Å². The minimum absolute atomic E-state index is 0.0136. The molecule has 0 bridgehead atoms. The molecule has 2 amide bonds. The predicted molar refractivity (Wildman–Crippen MR) is 102 cm³/mol. The van der Waals surface area contributed by atoms with E-state index in [0.29, 0.717) is 18.8 Å². The molecule has 0 unspecified atom stereocenters. The Morgan fingerprint density at radius 1 is 1.22 bits per heavy atom. The highest BCUT2D eigenvalue weighted by Crippen LogP contribution is 2.27. The molecule has 2 heterocycles. The molecule has 1 saturated carbocycles. The van der Waals surface area contributed by atoms with E-state index in [0.717, 1.165) is 25.7 Å². The number of hydrogen-bond donors (Lipinski definition) is 1. The molecule has 1 N–H and O–H groups in total. The van der Waals surface area contributed by atoms with Crippen molar-refractivity contribution in [2.75, 3.05) is 6.54 Å². The summed E-state index contributed by atoms with van der Waals surface area (Å²) in [5.41, 5.74) is 0.0947. The largest absolute Gasteiger partial charge is 0.503 e. The minimum Gasteiger partial charge on any atom is -0.503 e. The van der Waals surface area contributed by atoms with Crippen molar-refractivity contribution < 1.29 is 14.7 Å². The van der Waals surface area contributed by atoms with Gasteiger partial charge in [-0.15, -0.1) is 0 Å². The Labute approximate surface area is 159 Å². The Hall–Kier alpha value is -2.31. The zero-order valence-electron chi connectivity index (χ0n) is 16.4. The molecule has 1 aromatic heterocycles. The second-order valence-corrected chi connectivity index (χ2v) is 7.88. The van der Waals surface area contributed by atoms with Crippen LogP contribution in [0.4, 0.5) is 0 Å². The van der Waals surface area contributed by atoms with Crippen molar-refractivity contribution in [1.82, 2.24) is 14.4 Å². The van der Waals surface area contributed by atoms with Crippen molar-refractivity contribution in [3.05, 3.63) is 27.7 Å². The van der Waals surface area contributed by atoms with Crippen molar-refractivity contribution in [3.8, 4) is 5.75 Å². The van der Waals surface area contributed by atoms with Gasteiger partial charge < -0.3 is 19.5 Å². The smallest absolute Gasteiger partial charge is 0.274 e. The van der Waals surface area contributed by atoms with Crippen molar-refractivity contribution in [2.24, 2.45) is 0 Å². The number of carbonyl (C=O) groups is 2. The lowest BCUT2D eigenvalue weighted by atomic mass is 9.94. The standard InChI is InChI=1S/C20H29N3O4/c1-13(2)21-9-10-22-16(11-17(25)19(26)18(22)20(21)27)12-23(14(3)24)15-7-5-4-6-8-15/h11,13,15,26H,4-10,12H2,1-3H3. The first-order valence-electron chi connectivity index (χ1n) is 9.85. The highest BCUT2D eigenvalue weighted by molar-refractivity contribution is 5.96. The molecule has 0 atom stereocenters. The van der Waals surface area contributed by atoms with Gasteiger partial charge in [0.2, 0.25) is 11.3 Å². The lowest BCUT2D eigenvalue weighted by molar-refractivity contribution is -0.132. The van der Waals surface area contributed by atoms with Gasteiger partial charge in [0.1, 0.15) is 0 Å².